The molecule has 0 N–H and O–H groups in total. The van der Waals surface area contributed by atoms with Crippen LogP contribution in [0.1, 0.15) is 31.0 Å². The Hall–Kier alpha value is -3.33. The fraction of sp³-hybridized carbons (Fsp3) is 0.385. The van der Waals surface area contributed by atoms with Gasteiger partial charge in [-0.25, -0.2) is 9.78 Å². The normalized spacial score (nSPS) is 18.3. The smallest absolute Gasteiger partial charge is 0.433 e. The minimum Gasteiger partial charge on any atom is -0.492 e. The highest BCUT2D eigenvalue weighted by Gasteiger charge is 2.47. The Labute approximate surface area is 201 Å². The second-order valence-electron chi connectivity index (χ2n) is 9.04. The van der Waals surface area contributed by atoms with Crippen molar-refractivity contribution in [2.45, 2.75) is 38.1 Å². The summed E-state index contributed by atoms with van der Waals surface area (Å²) in [7, 11) is 0. The fourth-order valence-corrected chi connectivity index (χ4v) is 4.84. The lowest BCUT2D eigenvalue weighted by Crippen LogP contribution is -2.46. The molecule has 0 atom stereocenters. The lowest BCUT2D eigenvalue weighted by molar-refractivity contribution is -0.140. The number of anilines is 1. The maximum atomic E-state index is 13.1. The highest BCUT2D eigenvalue weighted by atomic mass is 19.4. The first-order valence-electron chi connectivity index (χ1n) is 11.7. The van der Waals surface area contributed by atoms with Crippen molar-refractivity contribution in [1.82, 2.24) is 9.88 Å². The highest BCUT2D eigenvalue weighted by molar-refractivity contribution is 5.90. The first-order chi connectivity index (χ1) is 16.8. The third-order valence-electron chi connectivity index (χ3n) is 6.62. The zero-order chi connectivity index (χ0) is 24.6. The van der Waals surface area contributed by atoms with E-state index >= 15 is 0 Å². The monoisotopic (exact) mass is 485 g/mol. The second-order valence-corrected chi connectivity index (χ2v) is 9.04. The zero-order valence-electron chi connectivity index (χ0n) is 19.3. The van der Waals surface area contributed by atoms with E-state index in [1.165, 1.54) is 6.07 Å². The first-order valence-corrected chi connectivity index (χ1v) is 11.7. The van der Waals surface area contributed by atoms with Gasteiger partial charge in [0.2, 0.25) is 0 Å². The summed E-state index contributed by atoms with van der Waals surface area (Å²) in [4.78, 5) is 20.3. The third kappa shape index (κ3) is 4.77. The van der Waals surface area contributed by atoms with Crippen LogP contribution >= 0.6 is 0 Å². The molecular weight excluding hydrogens is 459 g/mol. The quantitative estimate of drug-likeness (QED) is 0.468. The third-order valence-corrected chi connectivity index (χ3v) is 6.62. The van der Waals surface area contributed by atoms with Crippen LogP contribution in [0.5, 0.6) is 5.75 Å². The number of alkyl halides is 3. The van der Waals surface area contributed by atoms with E-state index < -0.39 is 17.5 Å². The number of fused-ring (bicyclic) bond motifs is 1. The number of hydrogen-bond acceptors (Lipinski definition) is 5. The van der Waals surface area contributed by atoms with E-state index in [-0.39, 0.29) is 11.6 Å². The van der Waals surface area contributed by atoms with Crippen molar-refractivity contribution in [2.75, 3.05) is 31.1 Å². The molecule has 184 valence electrons. The number of ether oxygens (including phenoxy) is 2. The minimum absolute atomic E-state index is 0.210. The van der Waals surface area contributed by atoms with Crippen LogP contribution in [0.25, 0.3) is 10.9 Å². The Morgan fingerprint density at radius 3 is 2.51 bits per heavy atom. The molecule has 35 heavy (non-hydrogen) atoms. The average Bonchev–Trinajstić information content (AvgIpc) is 3.16. The molecule has 0 aliphatic carbocycles. The van der Waals surface area contributed by atoms with Crippen LogP contribution in [0.4, 0.5) is 23.7 Å². The van der Waals surface area contributed by atoms with Gasteiger partial charge < -0.3 is 9.47 Å². The number of benzene rings is 2. The van der Waals surface area contributed by atoms with Gasteiger partial charge >= 0.3 is 12.3 Å². The number of para-hydroxylation sites is 1. The fourth-order valence-electron chi connectivity index (χ4n) is 4.84. The van der Waals surface area contributed by atoms with Crippen molar-refractivity contribution < 1.29 is 27.4 Å². The number of carbonyl (C=O) groups is 1. The number of amides is 1. The van der Waals surface area contributed by atoms with E-state index in [9.17, 15) is 18.0 Å². The van der Waals surface area contributed by atoms with Crippen LogP contribution in [0, 0.1) is 0 Å². The van der Waals surface area contributed by atoms with Gasteiger partial charge in [0.1, 0.15) is 22.6 Å². The Balaban J connectivity index is 1.29. The number of likely N-dealkylation sites (tertiary alicyclic amines) is 1. The molecule has 0 bridgehead atoms. The van der Waals surface area contributed by atoms with Crippen LogP contribution in [0.3, 0.4) is 0 Å². The van der Waals surface area contributed by atoms with Crippen molar-refractivity contribution in [3.63, 3.8) is 0 Å². The van der Waals surface area contributed by atoms with Gasteiger partial charge in [0, 0.05) is 43.5 Å². The number of carbonyl (C=O) groups excluding carboxylic acids is 1. The molecule has 2 saturated heterocycles. The molecule has 3 heterocycles. The molecule has 0 unspecified atom stereocenters. The van der Waals surface area contributed by atoms with E-state index in [0.717, 1.165) is 30.4 Å². The molecule has 1 amide bonds. The molecule has 2 aromatic carbocycles. The number of piperidine rings is 1. The van der Waals surface area contributed by atoms with Crippen molar-refractivity contribution in [2.24, 2.45) is 0 Å². The number of rotatable bonds is 5. The number of halogens is 3. The van der Waals surface area contributed by atoms with Gasteiger partial charge in [0.15, 0.2) is 0 Å². The minimum atomic E-state index is -4.51. The summed E-state index contributed by atoms with van der Waals surface area (Å²) in [6.07, 6.45) is -3.40. The molecule has 3 aromatic rings. The summed E-state index contributed by atoms with van der Waals surface area (Å²) < 4.78 is 50.9. The van der Waals surface area contributed by atoms with E-state index in [1.807, 2.05) is 36.4 Å². The Morgan fingerprint density at radius 2 is 1.83 bits per heavy atom. The summed E-state index contributed by atoms with van der Waals surface area (Å²) in [5.41, 5.74) is 0.547. The van der Waals surface area contributed by atoms with Crippen LogP contribution in [-0.2, 0) is 17.5 Å². The van der Waals surface area contributed by atoms with E-state index in [0.29, 0.717) is 43.7 Å². The number of pyridine rings is 1. The molecule has 2 aliphatic heterocycles. The van der Waals surface area contributed by atoms with Gasteiger partial charge in [-0.3, -0.25) is 9.80 Å². The van der Waals surface area contributed by atoms with E-state index in [1.54, 1.807) is 17.9 Å². The molecule has 0 saturated carbocycles. The molecule has 2 aliphatic rings. The largest absolute Gasteiger partial charge is 0.492 e. The van der Waals surface area contributed by atoms with Crippen LogP contribution in [0.2, 0.25) is 0 Å². The molecule has 0 radical (unpaired) electrons. The molecule has 6 nitrogen and oxygen atoms in total. The predicted octanol–water partition coefficient (Wildman–Crippen LogP) is 5.64. The van der Waals surface area contributed by atoms with Gasteiger partial charge in [-0.1, -0.05) is 24.3 Å². The topological polar surface area (TPSA) is 54.9 Å². The predicted molar refractivity (Wildman–Crippen MR) is 125 cm³/mol. The molecule has 1 spiro atoms. The summed E-state index contributed by atoms with van der Waals surface area (Å²) in [6, 6.07) is 15.6. The average molecular weight is 486 g/mol. The van der Waals surface area contributed by atoms with Crippen LogP contribution in [-0.4, -0.2) is 47.8 Å². The summed E-state index contributed by atoms with van der Waals surface area (Å²) in [5.74, 6) is 0.350. The summed E-state index contributed by atoms with van der Waals surface area (Å²) in [5, 5.41) is 0.607. The standard InChI is InChI=1S/C26H26F3N3O3/c1-2-34-21-15-18(14-19-8-9-22(26(27,28)29)30-23(19)21)16-31-12-10-25(11-13-31)17-32(24(33)35-25)20-6-4-3-5-7-20/h3-9,14-15H,2,10-13,16-17H2,1H3. The Morgan fingerprint density at radius 1 is 1.09 bits per heavy atom. The SMILES string of the molecule is CCOc1cc(CN2CCC3(CC2)CN(c2ccccc2)C(=O)O3)cc2ccc(C(F)(F)F)nc12. The van der Waals surface area contributed by atoms with Crippen molar-refractivity contribution >= 4 is 22.7 Å². The maximum Gasteiger partial charge on any atom is 0.433 e. The molecule has 2 fully saturated rings. The summed E-state index contributed by atoms with van der Waals surface area (Å²) in [6.45, 7) is 4.74. The second kappa shape index (κ2) is 9.03. The molecule has 5 rings (SSSR count). The van der Waals surface area contributed by atoms with Crippen LogP contribution < -0.4 is 9.64 Å². The molecule has 9 heteroatoms. The zero-order valence-corrected chi connectivity index (χ0v) is 19.3. The Kier molecular flexibility index (Phi) is 6.04. The number of aromatic nitrogens is 1. The lowest BCUT2D eigenvalue weighted by Gasteiger charge is -2.37. The Bertz CT molecular complexity index is 1220. The van der Waals surface area contributed by atoms with Gasteiger partial charge in [0.05, 0.1) is 13.2 Å². The van der Waals surface area contributed by atoms with Gasteiger partial charge in [-0.15, -0.1) is 0 Å². The maximum absolute atomic E-state index is 13.1. The molecular formula is C26H26F3N3O3. The first kappa shape index (κ1) is 23.4. The number of nitrogens with zero attached hydrogens (tertiary/aromatic N) is 3. The summed E-state index contributed by atoms with van der Waals surface area (Å²) >= 11 is 0. The van der Waals surface area contributed by atoms with E-state index in [4.69, 9.17) is 9.47 Å². The van der Waals surface area contributed by atoms with Gasteiger partial charge in [0.25, 0.3) is 0 Å². The molecule has 1 aromatic heterocycles. The van der Waals surface area contributed by atoms with Crippen LogP contribution in [0.15, 0.2) is 54.6 Å². The van der Waals surface area contributed by atoms with Gasteiger partial charge in [-0.2, -0.15) is 13.2 Å². The lowest BCUT2D eigenvalue weighted by atomic mass is 9.91. The van der Waals surface area contributed by atoms with Crippen molar-refractivity contribution in [3.05, 3.63) is 65.9 Å². The van der Waals surface area contributed by atoms with Crippen molar-refractivity contribution in [3.8, 4) is 5.75 Å². The highest BCUT2D eigenvalue weighted by Crippen LogP contribution is 2.37. The van der Waals surface area contributed by atoms with E-state index in [2.05, 4.69) is 9.88 Å². The van der Waals surface area contributed by atoms with Crippen molar-refractivity contribution in [1.29, 1.82) is 0 Å². The van der Waals surface area contributed by atoms with Gasteiger partial charge in [-0.05, 0) is 42.8 Å². The number of hydrogen-bond donors (Lipinski definition) is 0.